The normalized spacial score (nSPS) is 12.7. The molecule has 0 aromatic carbocycles. The van der Waals surface area contributed by atoms with Gasteiger partial charge in [0, 0.05) is 13.6 Å². The van der Waals surface area contributed by atoms with Gasteiger partial charge in [-0.05, 0) is 18.3 Å². The molecule has 0 fully saturated rings. The van der Waals surface area contributed by atoms with E-state index in [9.17, 15) is 9.59 Å². The lowest BCUT2D eigenvalue weighted by Gasteiger charge is -2.22. The molecule has 0 rings (SSSR count). The fourth-order valence-corrected chi connectivity index (χ4v) is 1.56. The molecule has 0 aliphatic heterocycles. The molecule has 5 heteroatoms. The van der Waals surface area contributed by atoms with Crippen molar-refractivity contribution in [1.29, 1.82) is 0 Å². The van der Waals surface area contributed by atoms with E-state index in [1.54, 1.807) is 7.05 Å². The zero-order valence-electron chi connectivity index (χ0n) is 12.2. The second-order valence-corrected chi connectivity index (χ2v) is 5.63. The number of carbonyl (C=O) groups is 2. The number of nitrogens with one attached hydrogen (secondary N) is 1. The van der Waals surface area contributed by atoms with E-state index in [0.717, 1.165) is 0 Å². The maximum absolute atomic E-state index is 11.9. The van der Waals surface area contributed by atoms with Gasteiger partial charge in [0.25, 0.3) is 0 Å². The van der Waals surface area contributed by atoms with E-state index < -0.39 is 6.04 Å². The van der Waals surface area contributed by atoms with Crippen LogP contribution >= 0.6 is 0 Å². The molecule has 0 unspecified atom stereocenters. The molecule has 5 nitrogen and oxygen atoms in total. The molecule has 0 saturated heterocycles. The van der Waals surface area contributed by atoms with E-state index in [1.807, 2.05) is 27.7 Å². The van der Waals surface area contributed by atoms with Crippen molar-refractivity contribution in [3.63, 3.8) is 0 Å². The Morgan fingerprint density at radius 1 is 1.17 bits per heavy atom. The van der Waals surface area contributed by atoms with Crippen molar-refractivity contribution in [1.82, 2.24) is 10.2 Å². The largest absolute Gasteiger partial charge is 0.354 e. The first-order chi connectivity index (χ1) is 8.23. The smallest absolute Gasteiger partial charge is 0.239 e. The Bertz CT molecular complexity index is 277. The summed E-state index contributed by atoms with van der Waals surface area (Å²) >= 11 is 0. The third-order valence-electron chi connectivity index (χ3n) is 2.51. The Hall–Kier alpha value is -1.10. The van der Waals surface area contributed by atoms with Crippen LogP contribution in [0.25, 0.3) is 0 Å². The van der Waals surface area contributed by atoms with Crippen molar-refractivity contribution in [2.75, 3.05) is 20.1 Å². The van der Waals surface area contributed by atoms with E-state index in [1.165, 1.54) is 4.90 Å². The zero-order chi connectivity index (χ0) is 14.3. The number of nitrogens with zero attached hydrogens (tertiary/aromatic N) is 1. The lowest BCUT2D eigenvalue weighted by Crippen LogP contribution is -2.46. The van der Waals surface area contributed by atoms with Crippen LogP contribution in [0.4, 0.5) is 0 Å². The third-order valence-corrected chi connectivity index (χ3v) is 2.51. The van der Waals surface area contributed by atoms with Crippen molar-refractivity contribution >= 4 is 11.8 Å². The van der Waals surface area contributed by atoms with Gasteiger partial charge in [-0.25, -0.2) is 0 Å². The minimum atomic E-state index is -0.520. The van der Waals surface area contributed by atoms with Crippen LogP contribution < -0.4 is 11.1 Å². The Kier molecular flexibility index (Phi) is 7.59. The van der Waals surface area contributed by atoms with Gasteiger partial charge >= 0.3 is 0 Å². The number of likely N-dealkylation sites (N-methyl/N-ethyl adjacent to an activating group) is 1. The van der Waals surface area contributed by atoms with Crippen molar-refractivity contribution in [2.45, 2.75) is 40.2 Å². The zero-order valence-corrected chi connectivity index (χ0v) is 12.2. The monoisotopic (exact) mass is 257 g/mol. The summed E-state index contributed by atoms with van der Waals surface area (Å²) in [6.07, 6.45) is 0.636. The highest BCUT2D eigenvalue weighted by Gasteiger charge is 2.20. The highest BCUT2D eigenvalue weighted by atomic mass is 16.2. The Labute approximate surface area is 110 Å². The van der Waals surface area contributed by atoms with Crippen LogP contribution in [0.1, 0.15) is 34.1 Å². The number of carbonyl (C=O) groups excluding carboxylic acids is 2. The molecule has 0 aromatic heterocycles. The van der Waals surface area contributed by atoms with Crippen LogP contribution in [0.2, 0.25) is 0 Å². The Balaban J connectivity index is 4.10. The summed E-state index contributed by atoms with van der Waals surface area (Å²) in [5.41, 5.74) is 5.79. The van der Waals surface area contributed by atoms with Gasteiger partial charge in [0.1, 0.15) is 0 Å². The van der Waals surface area contributed by atoms with Crippen LogP contribution in [-0.2, 0) is 9.59 Å². The predicted molar refractivity (Wildman–Crippen MR) is 72.9 cm³/mol. The van der Waals surface area contributed by atoms with Crippen LogP contribution in [0, 0.1) is 11.8 Å². The summed E-state index contributed by atoms with van der Waals surface area (Å²) < 4.78 is 0. The molecule has 0 bridgehead atoms. The number of nitrogens with two attached hydrogens (primary N) is 1. The molecule has 1 atom stereocenters. The first-order valence-corrected chi connectivity index (χ1v) is 6.51. The highest BCUT2D eigenvalue weighted by Crippen LogP contribution is 2.04. The molecular weight excluding hydrogens is 230 g/mol. The molecule has 0 aromatic rings. The standard InChI is InChI=1S/C13H27N3O2/c1-9(2)6-11(14)13(18)16(5)8-12(17)15-7-10(3)4/h9-11H,6-8,14H2,1-5H3,(H,15,17)/t11-/m1/s1. The number of rotatable bonds is 7. The average molecular weight is 257 g/mol. The minimum Gasteiger partial charge on any atom is -0.354 e. The SMILES string of the molecule is CC(C)CNC(=O)CN(C)C(=O)[C@H](N)CC(C)C. The average Bonchev–Trinajstić information content (AvgIpc) is 2.24. The van der Waals surface area contributed by atoms with Crippen molar-refractivity contribution in [2.24, 2.45) is 17.6 Å². The number of hydrogen-bond donors (Lipinski definition) is 2. The van der Waals surface area contributed by atoms with Gasteiger partial charge in [-0.1, -0.05) is 27.7 Å². The van der Waals surface area contributed by atoms with Gasteiger partial charge in [0.2, 0.25) is 11.8 Å². The molecule has 2 amide bonds. The Morgan fingerprint density at radius 2 is 1.72 bits per heavy atom. The first-order valence-electron chi connectivity index (χ1n) is 6.51. The summed E-state index contributed by atoms with van der Waals surface area (Å²) in [5, 5.41) is 2.77. The summed E-state index contributed by atoms with van der Waals surface area (Å²) in [6.45, 7) is 8.77. The molecule has 0 spiro atoms. The van der Waals surface area contributed by atoms with Gasteiger partial charge in [-0.15, -0.1) is 0 Å². The minimum absolute atomic E-state index is 0.0668. The maximum atomic E-state index is 11.9. The molecule has 3 N–H and O–H groups in total. The van der Waals surface area contributed by atoms with Gasteiger partial charge in [0.05, 0.1) is 12.6 Å². The predicted octanol–water partition coefficient (Wildman–Crippen LogP) is 0.590. The molecule has 0 aliphatic carbocycles. The Morgan fingerprint density at radius 3 is 2.17 bits per heavy atom. The quantitative estimate of drug-likeness (QED) is 0.701. The van der Waals surface area contributed by atoms with Crippen molar-refractivity contribution in [3.8, 4) is 0 Å². The van der Waals surface area contributed by atoms with Gasteiger partial charge in [0.15, 0.2) is 0 Å². The lowest BCUT2D eigenvalue weighted by atomic mass is 10.0. The van der Waals surface area contributed by atoms with Gasteiger partial charge in [-0.2, -0.15) is 0 Å². The van der Waals surface area contributed by atoms with E-state index in [2.05, 4.69) is 5.32 Å². The highest BCUT2D eigenvalue weighted by molar-refractivity contribution is 5.87. The molecule has 106 valence electrons. The van der Waals surface area contributed by atoms with Crippen molar-refractivity contribution in [3.05, 3.63) is 0 Å². The summed E-state index contributed by atoms with van der Waals surface area (Å²) in [5.74, 6) is 0.449. The van der Waals surface area contributed by atoms with E-state index in [-0.39, 0.29) is 18.4 Å². The third kappa shape index (κ3) is 7.27. The van der Waals surface area contributed by atoms with Crippen LogP contribution in [-0.4, -0.2) is 42.9 Å². The molecule has 0 heterocycles. The number of amides is 2. The fourth-order valence-electron chi connectivity index (χ4n) is 1.56. The molecule has 0 aliphatic rings. The van der Waals surface area contributed by atoms with Crippen LogP contribution in [0.3, 0.4) is 0 Å². The fraction of sp³-hybridized carbons (Fsp3) is 0.846. The van der Waals surface area contributed by atoms with Gasteiger partial charge in [-0.3, -0.25) is 9.59 Å². The molecule has 18 heavy (non-hydrogen) atoms. The topological polar surface area (TPSA) is 75.4 Å². The second-order valence-electron chi connectivity index (χ2n) is 5.63. The first kappa shape index (κ1) is 16.9. The van der Waals surface area contributed by atoms with E-state index in [0.29, 0.717) is 24.8 Å². The van der Waals surface area contributed by atoms with Crippen LogP contribution in [0.5, 0.6) is 0 Å². The molecule has 0 saturated carbocycles. The number of hydrogen-bond acceptors (Lipinski definition) is 3. The maximum Gasteiger partial charge on any atom is 0.239 e. The molecule has 0 radical (unpaired) electrons. The molecular formula is C13H27N3O2. The van der Waals surface area contributed by atoms with Crippen LogP contribution in [0.15, 0.2) is 0 Å². The summed E-state index contributed by atoms with van der Waals surface area (Å²) in [4.78, 5) is 24.8. The van der Waals surface area contributed by atoms with Crippen molar-refractivity contribution < 1.29 is 9.59 Å². The summed E-state index contributed by atoms with van der Waals surface area (Å²) in [6, 6.07) is -0.520. The van der Waals surface area contributed by atoms with Gasteiger partial charge < -0.3 is 16.0 Å². The van der Waals surface area contributed by atoms with E-state index in [4.69, 9.17) is 5.73 Å². The summed E-state index contributed by atoms with van der Waals surface area (Å²) in [7, 11) is 1.61. The van der Waals surface area contributed by atoms with E-state index >= 15 is 0 Å². The lowest BCUT2D eigenvalue weighted by molar-refractivity contribution is -0.136. The second kappa shape index (κ2) is 8.08.